The Kier molecular flexibility index (Phi) is 7.32. The lowest BCUT2D eigenvalue weighted by molar-refractivity contribution is -0.113. The first-order valence-electron chi connectivity index (χ1n) is 8.80. The Bertz CT molecular complexity index is 1140. The molecule has 0 bridgehead atoms. The third kappa shape index (κ3) is 4.93. The zero-order valence-corrected chi connectivity index (χ0v) is 18.6. The molecule has 0 aliphatic heterocycles. The number of carbonyl (C=O) groups excluding carboxylic acids is 1. The number of halogens is 1. The van der Waals surface area contributed by atoms with Gasteiger partial charge in [-0.15, -0.1) is 22.9 Å². The van der Waals surface area contributed by atoms with E-state index in [9.17, 15) is 13.2 Å². The highest BCUT2D eigenvalue weighted by Crippen LogP contribution is 2.37. The molecule has 1 aromatic carbocycles. The number of benzene rings is 1. The van der Waals surface area contributed by atoms with Gasteiger partial charge in [0, 0.05) is 31.0 Å². The van der Waals surface area contributed by atoms with Crippen molar-refractivity contribution in [3.63, 3.8) is 0 Å². The summed E-state index contributed by atoms with van der Waals surface area (Å²) in [6.07, 6.45) is 0.543. The number of aromatic nitrogens is 1. The molecule has 0 radical (unpaired) electrons. The molecule has 0 atom stereocenters. The molecule has 9 nitrogen and oxygen atoms in total. The number of nitrogens with zero attached hydrogens (tertiary/aromatic N) is 1. The number of hydrogen-bond donors (Lipinski definition) is 2. The maximum absolute atomic E-state index is 12.8. The number of hydrogen-bond acceptors (Lipinski definition) is 8. The van der Waals surface area contributed by atoms with E-state index >= 15 is 0 Å². The summed E-state index contributed by atoms with van der Waals surface area (Å²) in [4.78, 5) is 15.8. The molecule has 0 saturated heterocycles. The van der Waals surface area contributed by atoms with Crippen molar-refractivity contribution in [3.05, 3.63) is 23.6 Å². The van der Waals surface area contributed by atoms with Crippen LogP contribution in [0.1, 0.15) is 6.42 Å². The predicted molar refractivity (Wildman–Crippen MR) is 115 cm³/mol. The van der Waals surface area contributed by atoms with E-state index in [-0.39, 0.29) is 28.8 Å². The summed E-state index contributed by atoms with van der Waals surface area (Å²) in [5, 5.41) is 4.97. The van der Waals surface area contributed by atoms with Gasteiger partial charge in [-0.3, -0.25) is 4.79 Å². The molecule has 0 spiro atoms. The number of nitrogens with one attached hydrogen (secondary N) is 2. The Balaban J connectivity index is 1.98. The van der Waals surface area contributed by atoms with Gasteiger partial charge in [0.25, 0.3) is 0 Å². The van der Waals surface area contributed by atoms with Gasteiger partial charge in [-0.25, -0.2) is 18.1 Å². The maximum atomic E-state index is 12.8. The molecule has 0 fully saturated rings. The van der Waals surface area contributed by atoms with Crippen molar-refractivity contribution in [1.29, 1.82) is 0 Å². The van der Waals surface area contributed by atoms with E-state index in [0.29, 0.717) is 40.7 Å². The minimum absolute atomic E-state index is 0.0663. The van der Waals surface area contributed by atoms with Crippen molar-refractivity contribution in [2.75, 3.05) is 38.6 Å². The summed E-state index contributed by atoms with van der Waals surface area (Å²) in [7, 11) is -0.762. The number of sulfonamides is 1. The molecule has 2 aromatic heterocycles. The van der Waals surface area contributed by atoms with E-state index < -0.39 is 10.0 Å². The third-order valence-electron chi connectivity index (χ3n) is 4.06. The number of furan rings is 1. The molecule has 2 N–H and O–H groups in total. The van der Waals surface area contributed by atoms with Gasteiger partial charge in [-0.2, -0.15) is 0 Å². The Morgan fingerprint density at radius 3 is 2.83 bits per heavy atom. The second kappa shape index (κ2) is 9.75. The van der Waals surface area contributed by atoms with Crippen molar-refractivity contribution < 1.29 is 27.1 Å². The lowest BCUT2D eigenvalue weighted by atomic mass is 10.2. The van der Waals surface area contributed by atoms with Crippen molar-refractivity contribution in [1.82, 2.24) is 9.71 Å². The fraction of sp³-hybridized carbons (Fsp3) is 0.333. The summed E-state index contributed by atoms with van der Waals surface area (Å²) in [6.45, 7) is 0.687. The van der Waals surface area contributed by atoms with Crippen LogP contribution in [0.4, 0.5) is 5.13 Å². The Morgan fingerprint density at radius 1 is 1.33 bits per heavy atom. The molecule has 162 valence electrons. The number of methoxy groups -OCH3 is 2. The van der Waals surface area contributed by atoms with E-state index in [4.69, 9.17) is 25.5 Å². The van der Waals surface area contributed by atoms with E-state index in [1.165, 1.54) is 30.6 Å². The molecule has 0 saturated carbocycles. The monoisotopic (exact) mass is 473 g/mol. The second-order valence-corrected chi connectivity index (χ2v) is 8.94. The van der Waals surface area contributed by atoms with Crippen LogP contribution in [0.5, 0.6) is 5.75 Å². The van der Waals surface area contributed by atoms with Gasteiger partial charge in [-0.1, -0.05) is 0 Å². The first-order chi connectivity index (χ1) is 14.4. The second-order valence-electron chi connectivity index (χ2n) is 6.08. The van der Waals surface area contributed by atoms with E-state index in [0.717, 1.165) is 0 Å². The number of anilines is 1. The van der Waals surface area contributed by atoms with Crippen LogP contribution in [-0.4, -0.2) is 52.6 Å². The molecule has 30 heavy (non-hydrogen) atoms. The number of rotatable bonds is 10. The Labute approximate surface area is 182 Å². The molecule has 1 amide bonds. The van der Waals surface area contributed by atoms with E-state index in [1.807, 2.05) is 0 Å². The van der Waals surface area contributed by atoms with Crippen LogP contribution < -0.4 is 14.8 Å². The number of alkyl halides is 1. The van der Waals surface area contributed by atoms with Crippen LogP contribution >= 0.6 is 22.9 Å². The quantitative estimate of drug-likeness (QED) is 0.343. The molecule has 3 aromatic rings. The van der Waals surface area contributed by atoms with Gasteiger partial charge in [0.1, 0.15) is 11.6 Å². The summed E-state index contributed by atoms with van der Waals surface area (Å²) in [5.41, 5.74) is 0.728. The normalized spacial score (nSPS) is 11.7. The van der Waals surface area contributed by atoms with Crippen LogP contribution in [0.2, 0.25) is 0 Å². The molecule has 0 unspecified atom stereocenters. The highest BCUT2D eigenvalue weighted by Gasteiger charge is 2.23. The van der Waals surface area contributed by atoms with Gasteiger partial charge in [0.15, 0.2) is 22.2 Å². The first kappa shape index (κ1) is 22.5. The minimum atomic E-state index is -3.79. The van der Waals surface area contributed by atoms with Crippen molar-refractivity contribution >= 4 is 55.0 Å². The maximum Gasteiger partial charge on any atom is 0.241 e. The molecule has 0 aliphatic carbocycles. The van der Waals surface area contributed by atoms with E-state index in [2.05, 4.69) is 15.0 Å². The number of carbonyl (C=O) groups is 1. The third-order valence-corrected chi connectivity index (χ3v) is 6.58. The minimum Gasteiger partial charge on any atom is -0.493 e. The van der Waals surface area contributed by atoms with Crippen molar-refractivity contribution in [2.45, 2.75) is 11.3 Å². The summed E-state index contributed by atoms with van der Waals surface area (Å²) in [6, 6.07) is 4.59. The van der Waals surface area contributed by atoms with Gasteiger partial charge >= 0.3 is 0 Å². The summed E-state index contributed by atoms with van der Waals surface area (Å²) >= 11 is 6.69. The molecule has 0 aliphatic rings. The summed E-state index contributed by atoms with van der Waals surface area (Å²) < 4.78 is 44.3. The number of thiazole rings is 1. The van der Waals surface area contributed by atoms with Crippen LogP contribution in [-0.2, 0) is 19.6 Å². The van der Waals surface area contributed by atoms with Gasteiger partial charge in [0.2, 0.25) is 15.9 Å². The predicted octanol–water partition coefficient (Wildman–Crippen LogP) is 3.06. The van der Waals surface area contributed by atoms with Gasteiger partial charge in [-0.05, 0) is 24.6 Å². The van der Waals surface area contributed by atoms with Gasteiger partial charge < -0.3 is 19.2 Å². The molecular formula is C18H20ClN3O6S2. The standard InChI is InChI=1S/C18H20ClN3O6S2/c1-26-7-3-6-20-30(24,25)15-5-4-13(27-2)17-11(15)8-14(28-17)12-10-29-18(21-12)22-16(23)9-19/h4-5,8,10,20H,3,6-7,9H2,1-2H3,(H,21,22,23). The molecule has 12 heteroatoms. The van der Waals surface area contributed by atoms with Crippen LogP contribution in [0, 0.1) is 0 Å². The Morgan fingerprint density at radius 2 is 2.13 bits per heavy atom. The highest BCUT2D eigenvalue weighted by atomic mass is 35.5. The number of ether oxygens (including phenoxy) is 2. The van der Waals surface area contributed by atoms with Crippen LogP contribution in [0.3, 0.4) is 0 Å². The van der Waals surface area contributed by atoms with Gasteiger partial charge in [0.05, 0.1) is 12.0 Å². The average Bonchev–Trinajstić information content (AvgIpc) is 3.37. The fourth-order valence-corrected chi connectivity index (χ4v) is 4.73. The SMILES string of the molecule is COCCCNS(=O)(=O)c1ccc(OC)c2oc(-c3csc(NC(=O)CCl)n3)cc12. The highest BCUT2D eigenvalue weighted by molar-refractivity contribution is 7.89. The molecular weight excluding hydrogens is 454 g/mol. The zero-order chi connectivity index (χ0) is 21.7. The largest absolute Gasteiger partial charge is 0.493 e. The van der Waals surface area contributed by atoms with E-state index in [1.54, 1.807) is 18.6 Å². The average molecular weight is 474 g/mol. The van der Waals surface area contributed by atoms with Crippen LogP contribution in [0.15, 0.2) is 32.9 Å². The van der Waals surface area contributed by atoms with Crippen molar-refractivity contribution in [2.24, 2.45) is 0 Å². The first-order valence-corrected chi connectivity index (χ1v) is 11.7. The summed E-state index contributed by atoms with van der Waals surface area (Å²) in [5.74, 6) is 0.167. The smallest absolute Gasteiger partial charge is 0.241 e. The lowest BCUT2D eigenvalue weighted by Crippen LogP contribution is -2.25. The number of fused-ring (bicyclic) bond motifs is 1. The number of amides is 1. The topological polar surface area (TPSA) is 120 Å². The van der Waals surface area contributed by atoms with Crippen LogP contribution in [0.25, 0.3) is 22.4 Å². The lowest BCUT2D eigenvalue weighted by Gasteiger charge is -2.09. The van der Waals surface area contributed by atoms with Crippen molar-refractivity contribution in [3.8, 4) is 17.2 Å². The zero-order valence-electron chi connectivity index (χ0n) is 16.2. The molecule has 3 rings (SSSR count). The Hall–Kier alpha value is -2.18. The fourth-order valence-electron chi connectivity index (χ4n) is 2.69. The molecule has 2 heterocycles.